The molecule has 2 heteroatoms. The molecule has 0 saturated heterocycles. The number of rotatable bonds is 6. The second-order valence-electron chi connectivity index (χ2n) is 3.92. The lowest BCUT2D eigenvalue weighted by Crippen LogP contribution is -2.38. The number of nitrogens with two attached hydrogens (primary N) is 1. The molecule has 0 aliphatic rings. The molecule has 2 N–H and O–H groups in total. The van der Waals surface area contributed by atoms with Crippen molar-refractivity contribution < 1.29 is 0 Å². The fraction of sp³-hybridized carbons (Fsp3) is 0.818. The van der Waals surface area contributed by atoms with Gasteiger partial charge in [0.15, 0.2) is 0 Å². The van der Waals surface area contributed by atoms with Gasteiger partial charge in [-0.1, -0.05) is 26.7 Å². The zero-order valence-corrected chi connectivity index (χ0v) is 9.09. The lowest BCUT2D eigenvalue weighted by atomic mass is 10.0. The van der Waals surface area contributed by atoms with Crippen LogP contribution in [-0.4, -0.2) is 30.6 Å². The fourth-order valence-corrected chi connectivity index (χ4v) is 1.45. The summed E-state index contributed by atoms with van der Waals surface area (Å²) in [5, 5.41) is 0. The third-order valence-electron chi connectivity index (χ3n) is 2.03. The number of nitrogens with zero attached hydrogens (tertiary/aromatic N) is 1. The van der Waals surface area contributed by atoms with E-state index in [0.29, 0.717) is 12.5 Å². The van der Waals surface area contributed by atoms with Crippen molar-refractivity contribution >= 4 is 0 Å². The van der Waals surface area contributed by atoms with E-state index in [1.165, 1.54) is 0 Å². The molecule has 76 valence electrons. The summed E-state index contributed by atoms with van der Waals surface area (Å²) in [6, 6.07) is 0.258. The minimum Gasteiger partial charge on any atom is -0.327 e. The van der Waals surface area contributed by atoms with Crippen LogP contribution in [0, 0.1) is 18.3 Å². The van der Waals surface area contributed by atoms with Gasteiger partial charge in [-0.3, -0.25) is 4.90 Å². The molecule has 0 aliphatic carbocycles. The molecule has 2 nitrogen and oxygen atoms in total. The summed E-state index contributed by atoms with van der Waals surface area (Å²) in [4.78, 5) is 2.20. The molecule has 0 amide bonds. The SMILES string of the molecule is C#CCN(CC)CC(N)CC(C)C. The van der Waals surface area contributed by atoms with Gasteiger partial charge >= 0.3 is 0 Å². The second-order valence-corrected chi connectivity index (χ2v) is 3.92. The van der Waals surface area contributed by atoms with E-state index in [-0.39, 0.29) is 6.04 Å². The van der Waals surface area contributed by atoms with E-state index in [1.54, 1.807) is 0 Å². The van der Waals surface area contributed by atoms with Crippen LogP contribution < -0.4 is 5.73 Å². The first-order chi connectivity index (χ1) is 6.10. The molecule has 0 heterocycles. The summed E-state index contributed by atoms with van der Waals surface area (Å²) in [6.45, 7) is 9.10. The van der Waals surface area contributed by atoms with Gasteiger partial charge in [0.25, 0.3) is 0 Å². The molecular weight excluding hydrogens is 160 g/mol. The van der Waals surface area contributed by atoms with Crippen LogP contribution in [0.4, 0.5) is 0 Å². The van der Waals surface area contributed by atoms with Crippen LogP contribution in [0.1, 0.15) is 27.2 Å². The van der Waals surface area contributed by atoms with E-state index < -0.39 is 0 Å². The summed E-state index contributed by atoms with van der Waals surface area (Å²) in [6.07, 6.45) is 6.32. The van der Waals surface area contributed by atoms with Crippen molar-refractivity contribution in [3.05, 3.63) is 0 Å². The Bertz CT molecular complexity index is 158. The Morgan fingerprint density at radius 3 is 2.46 bits per heavy atom. The van der Waals surface area contributed by atoms with Crippen molar-refractivity contribution in [2.24, 2.45) is 11.7 Å². The van der Waals surface area contributed by atoms with E-state index in [0.717, 1.165) is 19.5 Å². The van der Waals surface area contributed by atoms with E-state index in [1.807, 2.05) is 0 Å². The van der Waals surface area contributed by atoms with E-state index in [2.05, 4.69) is 31.6 Å². The Kier molecular flexibility index (Phi) is 6.66. The van der Waals surface area contributed by atoms with E-state index in [4.69, 9.17) is 12.2 Å². The van der Waals surface area contributed by atoms with E-state index >= 15 is 0 Å². The molecule has 1 atom stereocenters. The normalized spacial score (nSPS) is 13.3. The van der Waals surface area contributed by atoms with Crippen LogP contribution in [0.25, 0.3) is 0 Å². The van der Waals surface area contributed by atoms with Crippen LogP contribution >= 0.6 is 0 Å². The molecule has 0 saturated carbocycles. The van der Waals surface area contributed by atoms with Crippen molar-refractivity contribution in [3.8, 4) is 12.3 Å². The molecule has 0 aromatic rings. The van der Waals surface area contributed by atoms with Gasteiger partial charge in [0.2, 0.25) is 0 Å². The predicted octanol–water partition coefficient (Wildman–Crippen LogP) is 1.31. The van der Waals surface area contributed by atoms with Crippen molar-refractivity contribution in [1.82, 2.24) is 4.90 Å². The predicted molar refractivity (Wildman–Crippen MR) is 58.4 cm³/mol. The molecule has 13 heavy (non-hydrogen) atoms. The monoisotopic (exact) mass is 182 g/mol. The van der Waals surface area contributed by atoms with Gasteiger partial charge in [-0.25, -0.2) is 0 Å². The number of likely N-dealkylation sites (N-methyl/N-ethyl adjacent to an activating group) is 1. The van der Waals surface area contributed by atoms with Crippen molar-refractivity contribution in [3.63, 3.8) is 0 Å². The largest absolute Gasteiger partial charge is 0.327 e. The first kappa shape index (κ1) is 12.5. The summed E-state index contributed by atoms with van der Waals surface area (Å²) in [5.74, 6) is 3.31. The van der Waals surface area contributed by atoms with Crippen LogP contribution in [0.15, 0.2) is 0 Å². The number of hydrogen-bond acceptors (Lipinski definition) is 2. The Labute approximate surface area is 82.5 Å². The molecule has 0 aliphatic heterocycles. The summed E-state index contributed by atoms with van der Waals surface area (Å²) < 4.78 is 0. The minimum absolute atomic E-state index is 0.258. The van der Waals surface area contributed by atoms with Gasteiger partial charge in [-0.2, -0.15) is 0 Å². The van der Waals surface area contributed by atoms with Crippen molar-refractivity contribution in [2.45, 2.75) is 33.2 Å². The topological polar surface area (TPSA) is 29.3 Å². The first-order valence-electron chi connectivity index (χ1n) is 5.01. The maximum atomic E-state index is 5.97. The maximum Gasteiger partial charge on any atom is 0.0599 e. The average Bonchev–Trinajstić information content (AvgIpc) is 2.02. The van der Waals surface area contributed by atoms with Crippen molar-refractivity contribution in [1.29, 1.82) is 0 Å². The third kappa shape index (κ3) is 6.62. The highest BCUT2D eigenvalue weighted by Crippen LogP contribution is 2.03. The lowest BCUT2D eigenvalue weighted by Gasteiger charge is -2.22. The zero-order valence-electron chi connectivity index (χ0n) is 9.09. The number of hydrogen-bond donors (Lipinski definition) is 1. The van der Waals surface area contributed by atoms with Gasteiger partial charge in [0, 0.05) is 12.6 Å². The first-order valence-corrected chi connectivity index (χ1v) is 5.01. The molecule has 0 radical (unpaired) electrons. The minimum atomic E-state index is 0.258. The summed E-state index contributed by atoms with van der Waals surface area (Å²) in [7, 11) is 0. The Morgan fingerprint density at radius 1 is 1.46 bits per heavy atom. The van der Waals surface area contributed by atoms with Crippen LogP contribution in [0.5, 0.6) is 0 Å². The van der Waals surface area contributed by atoms with Gasteiger partial charge in [0.1, 0.15) is 0 Å². The molecule has 0 bridgehead atoms. The summed E-state index contributed by atoms with van der Waals surface area (Å²) in [5.41, 5.74) is 5.97. The van der Waals surface area contributed by atoms with Gasteiger partial charge in [0.05, 0.1) is 6.54 Å². The van der Waals surface area contributed by atoms with Crippen molar-refractivity contribution in [2.75, 3.05) is 19.6 Å². The molecular formula is C11H22N2. The molecule has 0 aromatic heterocycles. The van der Waals surface area contributed by atoms with Gasteiger partial charge in [-0.05, 0) is 18.9 Å². The quantitative estimate of drug-likeness (QED) is 0.628. The fourth-order valence-electron chi connectivity index (χ4n) is 1.45. The lowest BCUT2D eigenvalue weighted by molar-refractivity contribution is 0.285. The Morgan fingerprint density at radius 2 is 2.08 bits per heavy atom. The smallest absolute Gasteiger partial charge is 0.0599 e. The average molecular weight is 182 g/mol. The molecule has 0 spiro atoms. The standard InChI is InChI=1S/C11H22N2/c1-5-7-13(6-2)9-11(12)8-10(3)4/h1,10-11H,6-9,12H2,2-4H3. The van der Waals surface area contributed by atoms with Crippen LogP contribution in [-0.2, 0) is 0 Å². The number of terminal acetylenes is 1. The van der Waals surface area contributed by atoms with E-state index in [9.17, 15) is 0 Å². The summed E-state index contributed by atoms with van der Waals surface area (Å²) >= 11 is 0. The molecule has 0 fully saturated rings. The maximum absolute atomic E-state index is 5.97. The Hall–Kier alpha value is -0.520. The van der Waals surface area contributed by atoms with Crippen LogP contribution in [0.3, 0.4) is 0 Å². The molecule has 0 aromatic carbocycles. The van der Waals surface area contributed by atoms with Crippen LogP contribution in [0.2, 0.25) is 0 Å². The zero-order chi connectivity index (χ0) is 10.3. The highest BCUT2D eigenvalue weighted by molar-refractivity contribution is 4.88. The van der Waals surface area contributed by atoms with Gasteiger partial charge < -0.3 is 5.73 Å². The van der Waals surface area contributed by atoms with Gasteiger partial charge in [-0.15, -0.1) is 6.42 Å². The molecule has 0 rings (SSSR count). The second kappa shape index (κ2) is 6.94. The highest BCUT2D eigenvalue weighted by atomic mass is 15.1. The molecule has 1 unspecified atom stereocenters. The highest BCUT2D eigenvalue weighted by Gasteiger charge is 2.09. The third-order valence-corrected chi connectivity index (χ3v) is 2.03. The Balaban J connectivity index is 3.73.